The molecule has 0 unspecified atom stereocenters. The number of rotatable bonds is 6. The van der Waals surface area contributed by atoms with Crippen LogP contribution in [0.25, 0.3) is 0 Å². The third kappa shape index (κ3) is 3.94. The van der Waals surface area contributed by atoms with Gasteiger partial charge in [-0.2, -0.15) is 10.2 Å². The van der Waals surface area contributed by atoms with E-state index in [0.29, 0.717) is 16.4 Å². The van der Waals surface area contributed by atoms with Crippen LogP contribution < -0.4 is 10.3 Å². The molecule has 0 bridgehead atoms. The van der Waals surface area contributed by atoms with Crippen LogP contribution in [-0.2, 0) is 7.05 Å². The number of benzene rings is 1. The standard InChI is InChI=1S/C17H22ClN5O/c1-5-23(6-2)14-9-7-13(8-10-14)11-19-20-17(24)16-15(18)12(3)21-22(16)4/h7-11H,5-6H2,1-4H3,(H,20,24)/b19-11-. The molecule has 6 nitrogen and oxygen atoms in total. The summed E-state index contributed by atoms with van der Waals surface area (Å²) in [5, 5.41) is 8.44. The van der Waals surface area contributed by atoms with Gasteiger partial charge in [-0.05, 0) is 38.5 Å². The van der Waals surface area contributed by atoms with Gasteiger partial charge in [0.15, 0.2) is 0 Å². The van der Waals surface area contributed by atoms with E-state index in [-0.39, 0.29) is 5.91 Å². The van der Waals surface area contributed by atoms with E-state index in [1.54, 1.807) is 20.2 Å². The van der Waals surface area contributed by atoms with Crippen molar-refractivity contribution in [2.75, 3.05) is 18.0 Å². The number of nitrogens with one attached hydrogen (secondary N) is 1. The average molecular weight is 348 g/mol. The molecule has 1 aromatic heterocycles. The maximum absolute atomic E-state index is 12.1. The molecule has 2 rings (SSSR count). The van der Waals surface area contributed by atoms with Crippen molar-refractivity contribution in [2.24, 2.45) is 12.1 Å². The number of nitrogens with zero attached hydrogens (tertiary/aromatic N) is 4. The number of aromatic nitrogens is 2. The number of hydrogen-bond acceptors (Lipinski definition) is 4. The topological polar surface area (TPSA) is 62.5 Å². The van der Waals surface area contributed by atoms with Crippen molar-refractivity contribution < 1.29 is 4.79 Å². The molecule has 7 heteroatoms. The van der Waals surface area contributed by atoms with Crippen LogP contribution in [0.5, 0.6) is 0 Å². The number of amides is 1. The van der Waals surface area contributed by atoms with Crippen molar-refractivity contribution in [2.45, 2.75) is 20.8 Å². The maximum Gasteiger partial charge on any atom is 0.291 e. The molecule has 0 aliphatic carbocycles. The summed E-state index contributed by atoms with van der Waals surface area (Å²) in [6, 6.07) is 8.00. The van der Waals surface area contributed by atoms with Gasteiger partial charge in [0.2, 0.25) is 0 Å². The first-order chi connectivity index (χ1) is 11.5. The van der Waals surface area contributed by atoms with Gasteiger partial charge in [0.05, 0.1) is 16.9 Å². The van der Waals surface area contributed by atoms with Gasteiger partial charge in [0.1, 0.15) is 5.69 Å². The fourth-order valence-corrected chi connectivity index (χ4v) is 2.70. The Kier molecular flexibility index (Phi) is 5.98. The van der Waals surface area contributed by atoms with Crippen molar-refractivity contribution >= 4 is 29.4 Å². The molecular formula is C17H22ClN5O. The molecule has 1 aromatic carbocycles. The molecule has 1 amide bonds. The monoisotopic (exact) mass is 347 g/mol. The largest absolute Gasteiger partial charge is 0.372 e. The Bertz CT molecular complexity index is 732. The molecule has 1 heterocycles. The smallest absolute Gasteiger partial charge is 0.291 e. The Balaban J connectivity index is 2.02. The number of halogens is 1. The zero-order chi connectivity index (χ0) is 17.7. The average Bonchev–Trinajstić information content (AvgIpc) is 2.82. The molecule has 0 saturated heterocycles. The lowest BCUT2D eigenvalue weighted by atomic mass is 10.2. The molecule has 0 saturated carbocycles. The van der Waals surface area contributed by atoms with Crippen molar-refractivity contribution in [3.8, 4) is 0 Å². The quantitative estimate of drug-likeness (QED) is 0.645. The van der Waals surface area contributed by atoms with Crippen LogP contribution in [0.3, 0.4) is 0 Å². The van der Waals surface area contributed by atoms with E-state index in [1.807, 2.05) is 24.3 Å². The molecular weight excluding hydrogens is 326 g/mol. The highest BCUT2D eigenvalue weighted by molar-refractivity contribution is 6.34. The van der Waals surface area contributed by atoms with E-state index in [9.17, 15) is 4.79 Å². The first-order valence-corrected chi connectivity index (χ1v) is 8.23. The summed E-state index contributed by atoms with van der Waals surface area (Å²) in [6.07, 6.45) is 1.60. The third-order valence-electron chi connectivity index (χ3n) is 3.77. The molecule has 128 valence electrons. The number of hydrazone groups is 1. The first kappa shape index (κ1) is 18.0. The fourth-order valence-electron chi connectivity index (χ4n) is 2.46. The minimum Gasteiger partial charge on any atom is -0.372 e. The second-order valence-electron chi connectivity index (χ2n) is 5.33. The molecule has 0 atom stereocenters. The normalized spacial score (nSPS) is 11.0. The Morgan fingerprint density at radius 3 is 2.46 bits per heavy atom. The molecule has 0 aliphatic rings. The Morgan fingerprint density at radius 2 is 1.96 bits per heavy atom. The van der Waals surface area contributed by atoms with Gasteiger partial charge in [-0.25, -0.2) is 5.43 Å². The molecule has 1 N–H and O–H groups in total. The number of anilines is 1. The van der Waals surface area contributed by atoms with Gasteiger partial charge in [-0.3, -0.25) is 9.48 Å². The van der Waals surface area contributed by atoms with Gasteiger partial charge in [-0.15, -0.1) is 0 Å². The second-order valence-corrected chi connectivity index (χ2v) is 5.71. The van der Waals surface area contributed by atoms with Crippen LogP contribution in [0.1, 0.15) is 35.6 Å². The van der Waals surface area contributed by atoms with Gasteiger partial charge < -0.3 is 4.90 Å². The van der Waals surface area contributed by atoms with Crippen molar-refractivity contribution in [3.63, 3.8) is 0 Å². The Morgan fingerprint density at radius 1 is 1.33 bits per heavy atom. The summed E-state index contributed by atoms with van der Waals surface area (Å²) in [7, 11) is 1.67. The van der Waals surface area contributed by atoms with Crippen LogP contribution >= 0.6 is 11.6 Å². The Labute approximate surface area is 147 Å². The Hall–Kier alpha value is -2.34. The van der Waals surface area contributed by atoms with Crippen LogP contribution in [0, 0.1) is 6.92 Å². The highest BCUT2D eigenvalue weighted by Crippen LogP contribution is 2.19. The molecule has 0 aliphatic heterocycles. The second kappa shape index (κ2) is 7.97. The molecule has 2 aromatic rings. The number of carbonyl (C=O) groups excluding carboxylic acids is 1. The van der Waals surface area contributed by atoms with Gasteiger partial charge >= 0.3 is 0 Å². The lowest BCUT2D eigenvalue weighted by molar-refractivity contribution is 0.0946. The first-order valence-electron chi connectivity index (χ1n) is 7.85. The summed E-state index contributed by atoms with van der Waals surface area (Å²) in [6.45, 7) is 7.93. The zero-order valence-corrected chi connectivity index (χ0v) is 15.1. The van der Waals surface area contributed by atoms with Crippen molar-refractivity contribution in [1.82, 2.24) is 15.2 Å². The number of aryl methyl sites for hydroxylation is 2. The SMILES string of the molecule is CCN(CC)c1ccc(/C=N\NC(=O)c2c(Cl)c(C)nn2C)cc1. The highest BCUT2D eigenvalue weighted by atomic mass is 35.5. The van der Waals surface area contributed by atoms with Gasteiger partial charge in [0, 0.05) is 25.8 Å². The predicted octanol–water partition coefficient (Wildman–Crippen LogP) is 2.99. The third-order valence-corrected chi connectivity index (χ3v) is 4.22. The van der Waals surface area contributed by atoms with E-state index in [2.05, 4.69) is 34.4 Å². The van der Waals surface area contributed by atoms with E-state index in [1.165, 1.54) is 10.4 Å². The summed E-state index contributed by atoms with van der Waals surface area (Å²) < 4.78 is 1.45. The van der Waals surface area contributed by atoms with E-state index in [0.717, 1.165) is 18.7 Å². The number of carbonyl (C=O) groups is 1. The van der Waals surface area contributed by atoms with Crippen molar-refractivity contribution in [3.05, 3.63) is 46.2 Å². The van der Waals surface area contributed by atoms with Gasteiger partial charge in [-0.1, -0.05) is 23.7 Å². The summed E-state index contributed by atoms with van der Waals surface area (Å²) >= 11 is 6.08. The summed E-state index contributed by atoms with van der Waals surface area (Å²) in [5.74, 6) is -0.390. The van der Waals surface area contributed by atoms with Crippen LogP contribution in [0.2, 0.25) is 5.02 Å². The lowest BCUT2D eigenvalue weighted by Crippen LogP contribution is -2.21. The van der Waals surface area contributed by atoms with Crippen molar-refractivity contribution in [1.29, 1.82) is 0 Å². The van der Waals surface area contributed by atoms with E-state index in [4.69, 9.17) is 11.6 Å². The van der Waals surface area contributed by atoms with Crippen LogP contribution in [0.15, 0.2) is 29.4 Å². The molecule has 24 heavy (non-hydrogen) atoms. The van der Waals surface area contributed by atoms with Crippen LogP contribution in [-0.4, -0.2) is 35.0 Å². The molecule has 0 spiro atoms. The molecule has 0 radical (unpaired) electrons. The predicted molar refractivity (Wildman–Crippen MR) is 98.0 cm³/mol. The van der Waals surface area contributed by atoms with E-state index >= 15 is 0 Å². The zero-order valence-electron chi connectivity index (χ0n) is 14.4. The van der Waals surface area contributed by atoms with Crippen LogP contribution in [0.4, 0.5) is 5.69 Å². The lowest BCUT2D eigenvalue weighted by Gasteiger charge is -2.20. The maximum atomic E-state index is 12.1. The minimum atomic E-state index is -0.390. The van der Waals surface area contributed by atoms with Gasteiger partial charge in [0.25, 0.3) is 5.91 Å². The molecule has 0 fully saturated rings. The summed E-state index contributed by atoms with van der Waals surface area (Å²) in [5.41, 5.74) is 5.45. The fraction of sp³-hybridized carbons (Fsp3) is 0.353. The summed E-state index contributed by atoms with van der Waals surface area (Å²) in [4.78, 5) is 14.4. The minimum absolute atomic E-state index is 0.295. The highest BCUT2D eigenvalue weighted by Gasteiger charge is 2.17. The van der Waals surface area contributed by atoms with E-state index < -0.39 is 0 Å². The number of hydrogen-bond donors (Lipinski definition) is 1.